The highest BCUT2D eigenvalue weighted by Gasteiger charge is 2.15. The maximum atomic E-state index is 13.0. The summed E-state index contributed by atoms with van der Waals surface area (Å²) in [6, 6.07) is 4.48. The smallest absolute Gasteiger partial charge is 0.125 e. The van der Waals surface area contributed by atoms with Crippen LogP contribution in [0.1, 0.15) is 32.8 Å². The van der Waals surface area contributed by atoms with Crippen LogP contribution in [0.25, 0.3) is 0 Å². The Kier molecular flexibility index (Phi) is 3.69. The first-order valence-corrected chi connectivity index (χ1v) is 5.12. The van der Waals surface area contributed by atoms with E-state index < -0.39 is 0 Å². The van der Waals surface area contributed by atoms with Crippen LogP contribution in [0.15, 0.2) is 18.2 Å². The molecule has 0 saturated heterocycles. The number of anilines is 1. The molecule has 0 aliphatic carbocycles. The highest BCUT2D eigenvalue weighted by Crippen LogP contribution is 2.18. The van der Waals surface area contributed by atoms with Crippen molar-refractivity contribution >= 4 is 5.69 Å². The van der Waals surface area contributed by atoms with E-state index in [1.54, 1.807) is 6.07 Å². The molecule has 0 radical (unpaired) electrons. The van der Waals surface area contributed by atoms with Gasteiger partial charge in [0.05, 0.1) is 12.2 Å². The quantitative estimate of drug-likeness (QED) is 0.777. The van der Waals surface area contributed by atoms with Gasteiger partial charge >= 0.3 is 0 Å². The van der Waals surface area contributed by atoms with Gasteiger partial charge < -0.3 is 10.5 Å². The third-order valence-electron chi connectivity index (χ3n) is 2.46. The maximum Gasteiger partial charge on any atom is 0.125 e. The van der Waals surface area contributed by atoms with Crippen LogP contribution in [-0.4, -0.2) is 5.60 Å². The summed E-state index contributed by atoms with van der Waals surface area (Å²) in [6.07, 6.45) is 0.914. The van der Waals surface area contributed by atoms with E-state index in [-0.39, 0.29) is 11.4 Å². The van der Waals surface area contributed by atoms with Gasteiger partial charge in [-0.25, -0.2) is 4.39 Å². The highest BCUT2D eigenvalue weighted by atomic mass is 19.1. The zero-order valence-corrected chi connectivity index (χ0v) is 9.51. The molecule has 0 amide bonds. The lowest BCUT2D eigenvalue weighted by Crippen LogP contribution is -2.22. The van der Waals surface area contributed by atoms with Crippen LogP contribution in [0.5, 0.6) is 0 Å². The second-order valence-electron chi connectivity index (χ2n) is 4.29. The minimum absolute atomic E-state index is 0.179. The molecule has 2 N–H and O–H groups in total. The average Bonchev–Trinajstić information content (AvgIpc) is 2.14. The van der Waals surface area contributed by atoms with Gasteiger partial charge in [-0.1, -0.05) is 6.92 Å². The van der Waals surface area contributed by atoms with Crippen LogP contribution in [-0.2, 0) is 11.3 Å². The standard InChI is InChI=1S/C12H18FNO/c1-4-12(2,3)15-8-9-5-10(13)7-11(14)6-9/h5-7H,4,8,14H2,1-3H3. The van der Waals surface area contributed by atoms with Crippen molar-refractivity contribution in [3.8, 4) is 0 Å². The molecule has 0 heterocycles. The first-order valence-electron chi connectivity index (χ1n) is 5.12. The SMILES string of the molecule is CCC(C)(C)OCc1cc(N)cc(F)c1. The number of halogens is 1. The fourth-order valence-corrected chi connectivity index (χ4v) is 1.14. The number of hydrogen-bond acceptors (Lipinski definition) is 2. The minimum Gasteiger partial charge on any atom is -0.399 e. The van der Waals surface area contributed by atoms with E-state index in [0.717, 1.165) is 12.0 Å². The van der Waals surface area contributed by atoms with E-state index >= 15 is 0 Å². The maximum absolute atomic E-state index is 13.0. The molecule has 0 saturated carbocycles. The summed E-state index contributed by atoms with van der Waals surface area (Å²) in [5.74, 6) is -0.317. The third-order valence-corrected chi connectivity index (χ3v) is 2.46. The molecule has 2 nitrogen and oxygen atoms in total. The summed E-state index contributed by atoms with van der Waals surface area (Å²) in [4.78, 5) is 0. The van der Waals surface area contributed by atoms with Gasteiger partial charge in [0, 0.05) is 5.69 Å². The second-order valence-corrected chi connectivity index (χ2v) is 4.29. The lowest BCUT2D eigenvalue weighted by molar-refractivity contribution is -0.0316. The number of nitrogens with two attached hydrogens (primary N) is 1. The predicted molar refractivity (Wildman–Crippen MR) is 60.0 cm³/mol. The van der Waals surface area contributed by atoms with Crippen LogP contribution in [0.2, 0.25) is 0 Å². The van der Waals surface area contributed by atoms with E-state index in [4.69, 9.17) is 10.5 Å². The first-order chi connectivity index (χ1) is 6.93. The molecule has 0 atom stereocenters. The van der Waals surface area contributed by atoms with Crippen molar-refractivity contribution in [2.24, 2.45) is 0 Å². The van der Waals surface area contributed by atoms with Crippen molar-refractivity contribution in [3.63, 3.8) is 0 Å². The van der Waals surface area contributed by atoms with Crippen molar-refractivity contribution in [2.45, 2.75) is 39.4 Å². The fourth-order valence-electron chi connectivity index (χ4n) is 1.14. The van der Waals surface area contributed by atoms with Gasteiger partial charge in [-0.05, 0) is 44.0 Å². The van der Waals surface area contributed by atoms with Crippen molar-refractivity contribution in [1.82, 2.24) is 0 Å². The van der Waals surface area contributed by atoms with E-state index in [9.17, 15) is 4.39 Å². The number of nitrogen functional groups attached to an aromatic ring is 1. The van der Waals surface area contributed by atoms with Gasteiger partial charge in [-0.2, -0.15) is 0 Å². The van der Waals surface area contributed by atoms with Crippen LogP contribution >= 0.6 is 0 Å². The molecule has 0 aliphatic heterocycles. The lowest BCUT2D eigenvalue weighted by Gasteiger charge is -2.23. The Morgan fingerprint density at radius 1 is 1.33 bits per heavy atom. The largest absolute Gasteiger partial charge is 0.399 e. The van der Waals surface area contributed by atoms with E-state index in [0.29, 0.717) is 12.3 Å². The molecule has 0 fully saturated rings. The van der Waals surface area contributed by atoms with Crippen molar-refractivity contribution in [2.75, 3.05) is 5.73 Å². The number of rotatable bonds is 4. The summed E-state index contributed by atoms with van der Waals surface area (Å²) < 4.78 is 18.6. The molecular weight excluding hydrogens is 193 g/mol. The van der Waals surface area contributed by atoms with Crippen LogP contribution in [0.3, 0.4) is 0 Å². The van der Waals surface area contributed by atoms with Gasteiger partial charge in [0.2, 0.25) is 0 Å². The first kappa shape index (κ1) is 12.0. The third kappa shape index (κ3) is 3.88. The van der Waals surface area contributed by atoms with Crippen molar-refractivity contribution in [1.29, 1.82) is 0 Å². The molecule has 0 aromatic heterocycles. The fraction of sp³-hybridized carbons (Fsp3) is 0.500. The van der Waals surface area contributed by atoms with Crippen LogP contribution in [0.4, 0.5) is 10.1 Å². The topological polar surface area (TPSA) is 35.2 Å². The summed E-state index contributed by atoms with van der Waals surface area (Å²) >= 11 is 0. The van der Waals surface area contributed by atoms with Gasteiger partial charge in [0.25, 0.3) is 0 Å². The van der Waals surface area contributed by atoms with E-state index in [1.165, 1.54) is 12.1 Å². The molecule has 3 heteroatoms. The normalized spacial score (nSPS) is 11.7. The Morgan fingerprint density at radius 2 is 2.00 bits per heavy atom. The molecule has 1 rings (SSSR count). The average molecular weight is 211 g/mol. The van der Waals surface area contributed by atoms with Gasteiger partial charge in [-0.15, -0.1) is 0 Å². The van der Waals surface area contributed by atoms with Gasteiger partial charge in [0.15, 0.2) is 0 Å². The van der Waals surface area contributed by atoms with Crippen LogP contribution < -0.4 is 5.73 Å². The monoisotopic (exact) mass is 211 g/mol. The van der Waals surface area contributed by atoms with E-state index in [1.807, 2.05) is 13.8 Å². The summed E-state index contributed by atoms with van der Waals surface area (Å²) in [5, 5.41) is 0. The predicted octanol–water partition coefficient (Wildman–Crippen LogP) is 3.11. The number of benzene rings is 1. The molecule has 1 aromatic rings. The zero-order valence-electron chi connectivity index (χ0n) is 9.51. The lowest BCUT2D eigenvalue weighted by atomic mass is 10.1. The number of hydrogen-bond donors (Lipinski definition) is 1. The Bertz CT molecular complexity index is 316. The zero-order chi connectivity index (χ0) is 11.5. The summed E-state index contributed by atoms with van der Waals surface area (Å²) in [6.45, 7) is 6.47. The van der Waals surface area contributed by atoms with Gasteiger partial charge in [-0.3, -0.25) is 0 Å². The molecule has 1 aromatic carbocycles. The summed E-state index contributed by atoms with van der Waals surface area (Å²) in [7, 11) is 0. The molecule has 0 unspecified atom stereocenters. The van der Waals surface area contributed by atoms with Crippen molar-refractivity contribution < 1.29 is 9.13 Å². The highest BCUT2D eigenvalue weighted by molar-refractivity contribution is 5.41. The second kappa shape index (κ2) is 4.62. The molecule has 0 spiro atoms. The Hall–Kier alpha value is -1.09. The molecule has 0 bridgehead atoms. The molecule has 84 valence electrons. The Morgan fingerprint density at radius 3 is 2.53 bits per heavy atom. The Balaban J connectivity index is 2.65. The van der Waals surface area contributed by atoms with Crippen LogP contribution in [0, 0.1) is 5.82 Å². The molecule has 15 heavy (non-hydrogen) atoms. The summed E-state index contributed by atoms with van der Waals surface area (Å²) in [5.41, 5.74) is 6.56. The minimum atomic E-state index is -0.317. The molecular formula is C12H18FNO. The number of ether oxygens (including phenoxy) is 1. The van der Waals surface area contributed by atoms with Crippen molar-refractivity contribution in [3.05, 3.63) is 29.6 Å². The molecule has 0 aliphatic rings. The van der Waals surface area contributed by atoms with E-state index in [2.05, 4.69) is 6.92 Å². The Labute approximate surface area is 90.2 Å². The van der Waals surface area contributed by atoms with Gasteiger partial charge in [0.1, 0.15) is 5.82 Å².